The molecule has 1 rings (SSSR count). The Balaban J connectivity index is 2.14. The highest BCUT2D eigenvalue weighted by atomic mass is 32.2. The second-order valence-corrected chi connectivity index (χ2v) is 5.18. The van der Waals surface area contributed by atoms with E-state index in [1.54, 1.807) is 11.8 Å². The van der Waals surface area contributed by atoms with Gasteiger partial charge in [-0.05, 0) is 33.7 Å². The minimum absolute atomic E-state index is 0.627. The summed E-state index contributed by atoms with van der Waals surface area (Å²) in [5.74, 6) is 2.11. The Morgan fingerprint density at radius 1 is 1.38 bits per heavy atom. The van der Waals surface area contributed by atoms with Crippen LogP contribution in [0.2, 0.25) is 0 Å². The largest absolute Gasteiger partial charge is 0.317 e. The Hall–Kier alpha value is -0.550. The Morgan fingerprint density at radius 3 is 2.69 bits per heavy atom. The quantitative estimate of drug-likeness (QED) is 0.586. The molecule has 0 aliphatic rings. The van der Waals surface area contributed by atoms with E-state index in [0.717, 1.165) is 16.7 Å². The maximum atomic E-state index is 4.13. The number of thioether (sulfide) groups is 1. The third-order valence-corrected chi connectivity index (χ3v) is 3.91. The van der Waals surface area contributed by atoms with Crippen molar-refractivity contribution in [2.24, 2.45) is 7.05 Å². The highest BCUT2D eigenvalue weighted by molar-refractivity contribution is 7.99. The summed E-state index contributed by atoms with van der Waals surface area (Å²) in [4.78, 5) is 0. The van der Waals surface area contributed by atoms with Gasteiger partial charge in [-0.3, -0.25) is 0 Å². The lowest BCUT2D eigenvalue weighted by Crippen LogP contribution is -2.20. The standard InChI is InChI=1S/C11H22N4S/c1-9(12-3)7-5-6-8-16-11-14-13-10(2)15(11)4/h9,12H,5-8H2,1-4H3. The lowest BCUT2D eigenvalue weighted by molar-refractivity contribution is 0.538. The van der Waals surface area contributed by atoms with E-state index in [1.165, 1.54) is 19.3 Å². The van der Waals surface area contributed by atoms with Crippen LogP contribution in [-0.4, -0.2) is 33.6 Å². The fourth-order valence-corrected chi connectivity index (χ4v) is 2.33. The maximum absolute atomic E-state index is 4.13. The van der Waals surface area contributed by atoms with Gasteiger partial charge in [0.2, 0.25) is 0 Å². The number of hydrogen-bond donors (Lipinski definition) is 1. The van der Waals surface area contributed by atoms with Gasteiger partial charge in [-0.15, -0.1) is 10.2 Å². The van der Waals surface area contributed by atoms with E-state index in [9.17, 15) is 0 Å². The lowest BCUT2D eigenvalue weighted by atomic mass is 10.1. The first-order chi connectivity index (χ1) is 7.65. The Labute approximate surface area is 102 Å². The van der Waals surface area contributed by atoms with Crippen molar-refractivity contribution in [3.63, 3.8) is 0 Å². The predicted octanol–water partition coefficient (Wildman–Crippen LogP) is 1.99. The molecule has 1 aromatic rings. The van der Waals surface area contributed by atoms with Crippen LogP contribution in [0.3, 0.4) is 0 Å². The van der Waals surface area contributed by atoms with Gasteiger partial charge in [0.15, 0.2) is 5.16 Å². The van der Waals surface area contributed by atoms with Crippen LogP contribution < -0.4 is 5.32 Å². The monoisotopic (exact) mass is 242 g/mol. The van der Waals surface area contributed by atoms with E-state index >= 15 is 0 Å². The van der Waals surface area contributed by atoms with Crippen molar-refractivity contribution in [1.29, 1.82) is 0 Å². The van der Waals surface area contributed by atoms with Gasteiger partial charge >= 0.3 is 0 Å². The van der Waals surface area contributed by atoms with E-state index in [-0.39, 0.29) is 0 Å². The Bertz CT molecular complexity index is 311. The van der Waals surface area contributed by atoms with Crippen LogP contribution in [0.5, 0.6) is 0 Å². The molecule has 1 atom stereocenters. The molecule has 0 amide bonds. The lowest BCUT2D eigenvalue weighted by Gasteiger charge is -2.08. The molecule has 5 heteroatoms. The highest BCUT2D eigenvalue weighted by Crippen LogP contribution is 2.17. The molecular formula is C11H22N4S. The summed E-state index contributed by atoms with van der Waals surface area (Å²) < 4.78 is 2.04. The molecule has 0 saturated heterocycles. The number of aryl methyl sites for hydroxylation is 1. The molecule has 1 unspecified atom stereocenters. The molecule has 4 nitrogen and oxygen atoms in total. The minimum atomic E-state index is 0.627. The molecule has 1 aromatic heterocycles. The van der Waals surface area contributed by atoms with Gasteiger partial charge in [-0.2, -0.15) is 0 Å². The van der Waals surface area contributed by atoms with Crippen molar-refractivity contribution in [2.45, 2.75) is 44.3 Å². The smallest absolute Gasteiger partial charge is 0.190 e. The molecule has 0 fully saturated rings. The van der Waals surface area contributed by atoms with Crippen LogP contribution >= 0.6 is 11.8 Å². The third kappa shape index (κ3) is 4.14. The third-order valence-electron chi connectivity index (χ3n) is 2.81. The maximum Gasteiger partial charge on any atom is 0.190 e. The first kappa shape index (κ1) is 13.5. The van der Waals surface area contributed by atoms with Crippen LogP contribution in [0.4, 0.5) is 0 Å². The van der Waals surface area contributed by atoms with E-state index in [0.29, 0.717) is 6.04 Å². The molecule has 1 N–H and O–H groups in total. The summed E-state index contributed by atoms with van der Waals surface area (Å²) in [5.41, 5.74) is 0. The molecule has 92 valence electrons. The van der Waals surface area contributed by atoms with Crippen LogP contribution in [0.15, 0.2) is 5.16 Å². The van der Waals surface area contributed by atoms with E-state index in [2.05, 4.69) is 22.4 Å². The van der Waals surface area contributed by atoms with Crippen LogP contribution in [0.1, 0.15) is 32.0 Å². The van der Waals surface area contributed by atoms with E-state index in [1.807, 2.05) is 25.6 Å². The summed E-state index contributed by atoms with van der Waals surface area (Å²) in [6, 6.07) is 0.627. The Morgan fingerprint density at radius 2 is 2.12 bits per heavy atom. The zero-order chi connectivity index (χ0) is 12.0. The van der Waals surface area contributed by atoms with Gasteiger partial charge in [0, 0.05) is 18.8 Å². The number of hydrogen-bond acceptors (Lipinski definition) is 4. The average Bonchev–Trinajstić information content (AvgIpc) is 2.60. The van der Waals surface area contributed by atoms with Crippen LogP contribution in [0.25, 0.3) is 0 Å². The molecule has 0 aliphatic heterocycles. The van der Waals surface area contributed by atoms with Crippen molar-refractivity contribution in [3.05, 3.63) is 5.82 Å². The SMILES string of the molecule is CNC(C)CCCCSc1nnc(C)n1C. The number of rotatable bonds is 7. The zero-order valence-electron chi connectivity index (χ0n) is 10.7. The van der Waals surface area contributed by atoms with Gasteiger partial charge in [0.25, 0.3) is 0 Å². The summed E-state index contributed by atoms with van der Waals surface area (Å²) in [5, 5.41) is 12.4. The fourth-order valence-electron chi connectivity index (χ4n) is 1.37. The van der Waals surface area contributed by atoms with Gasteiger partial charge in [0.1, 0.15) is 5.82 Å². The Kier molecular flexibility index (Phi) is 5.84. The molecule has 16 heavy (non-hydrogen) atoms. The number of aromatic nitrogens is 3. The van der Waals surface area contributed by atoms with E-state index < -0.39 is 0 Å². The first-order valence-corrected chi connectivity index (χ1v) is 6.79. The topological polar surface area (TPSA) is 42.7 Å². The molecule has 0 saturated carbocycles. The molecule has 0 bridgehead atoms. The van der Waals surface area contributed by atoms with Crippen molar-refractivity contribution in [3.8, 4) is 0 Å². The fraction of sp³-hybridized carbons (Fsp3) is 0.818. The van der Waals surface area contributed by atoms with Gasteiger partial charge in [-0.25, -0.2) is 0 Å². The number of nitrogens with zero attached hydrogens (tertiary/aromatic N) is 3. The van der Waals surface area contributed by atoms with Crippen molar-refractivity contribution < 1.29 is 0 Å². The second kappa shape index (κ2) is 6.91. The molecule has 0 aromatic carbocycles. The molecule has 0 spiro atoms. The number of nitrogens with one attached hydrogen (secondary N) is 1. The van der Waals surface area contributed by atoms with E-state index in [4.69, 9.17) is 0 Å². The molecule has 1 heterocycles. The summed E-state index contributed by atoms with van der Waals surface area (Å²) in [7, 11) is 4.03. The van der Waals surface area contributed by atoms with Crippen LogP contribution in [-0.2, 0) is 7.05 Å². The van der Waals surface area contributed by atoms with Crippen molar-refractivity contribution >= 4 is 11.8 Å². The summed E-state index contributed by atoms with van der Waals surface area (Å²) in [6.45, 7) is 4.20. The normalized spacial score (nSPS) is 13.0. The number of unbranched alkanes of at least 4 members (excludes halogenated alkanes) is 1. The summed E-state index contributed by atoms with van der Waals surface area (Å²) >= 11 is 1.80. The van der Waals surface area contributed by atoms with Crippen molar-refractivity contribution in [1.82, 2.24) is 20.1 Å². The van der Waals surface area contributed by atoms with Crippen molar-refractivity contribution in [2.75, 3.05) is 12.8 Å². The predicted molar refractivity (Wildman–Crippen MR) is 68.8 cm³/mol. The van der Waals surface area contributed by atoms with Gasteiger partial charge in [0.05, 0.1) is 0 Å². The second-order valence-electron chi connectivity index (χ2n) is 4.12. The molecule has 0 aliphatic carbocycles. The molecular weight excluding hydrogens is 220 g/mol. The first-order valence-electron chi connectivity index (χ1n) is 5.81. The minimum Gasteiger partial charge on any atom is -0.317 e. The summed E-state index contributed by atoms with van der Waals surface area (Å²) in [6.07, 6.45) is 3.75. The van der Waals surface area contributed by atoms with Gasteiger partial charge < -0.3 is 9.88 Å². The zero-order valence-corrected chi connectivity index (χ0v) is 11.5. The highest BCUT2D eigenvalue weighted by Gasteiger charge is 2.04. The average molecular weight is 242 g/mol. The molecule has 0 radical (unpaired) electrons. The van der Waals surface area contributed by atoms with Crippen LogP contribution in [0, 0.1) is 6.92 Å². The van der Waals surface area contributed by atoms with Gasteiger partial charge in [-0.1, -0.05) is 18.2 Å².